The molecule has 1 aromatic carbocycles. The Bertz CT molecular complexity index is 792. The van der Waals surface area contributed by atoms with Gasteiger partial charge in [-0.05, 0) is 96.0 Å². The predicted molar refractivity (Wildman–Crippen MR) is 109 cm³/mol. The van der Waals surface area contributed by atoms with Crippen LogP contribution >= 0.6 is 31.9 Å². The molecule has 0 aliphatic heterocycles. The first-order valence-electron chi connectivity index (χ1n) is 9.33. The first-order valence-corrected chi connectivity index (χ1v) is 11.0. The lowest BCUT2D eigenvalue weighted by molar-refractivity contribution is 0.369. The van der Waals surface area contributed by atoms with E-state index >= 15 is 0 Å². The molecule has 134 valence electrons. The van der Waals surface area contributed by atoms with Crippen molar-refractivity contribution in [2.24, 2.45) is 5.92 Å². The fourth-order valence-corrected chi connectivity index (χ4v) is 5.85. The van der Waals surface area contributed by atoms with Crippen molar-refractivity contribution >= 4 is 37.4 Å². The zero-order chi connectivity index (χ0) is 17.7. The van der Waals surface area contributed by atoms with E-state index in [1.807, 2.05) is 0 Å². The molecule has 25 heavy (non-hydrogen) atoms. The standard InChI is InChI=1S/C21H24Br2O2/c1-11-13-7-4-5-9-15(13)18(21(25)19(11)23)17-14-8-3-2-6-12(14)10-16(22)20(17)24/h10-11,19,24-25H,2-9H2,1H3. The van der Waals surface area contributed by atoms with Gasteiger partial charge in [-0.2, -0.15) is 0 Å². The van der Waals surface area contributed by atoms with Crippen LogP contribution in [0.15, 0.2) is 27.4 Å². The molecule has 4 heteroatoms. The quantitative estimate of drug-likeness (QED) is 0.457. The summed E-state index contributed by atoms with van der Waals surface area (Å²) < 4.78 is 0.742. The third-order valence-electron chi connectivity index (χ3n) is 6.14. The number of benzene rings is 1. The lowest BCUT2D eigenvalue weighted by atomic mass is 9.72. The topological polar surface area (TPSA) is 40.5 Å². The summed E-state index contributed by atoms with van der Waals surface area (Å²) in [5, 5.41) is 22.0. The van der Waals surface area contributed by atoms with Gasteiger partial charge in [0.05, 0.1) is 9.30 Å². The summed E-state index contributed by atoms with van der Waals surface area (Å²) >= 11 is 7.27. The summed E-state index contributed by atoms with van der Waals surface area (Å²) in [5.74, 6) is 0.993. The van der Waals surface area contributed by atoms with Crippen LogP contribution in [-0.2, 0) is 12.8 Å². The summed E-state index contributed by atoms with van der Waals surface area (Å²) in [4.78, 5) is -0.0722. The van der Waals surface area contributed by atoms with Crippen LogP contribution in [0.5, 0.6) is 5.75 Å². The lowest BCUT2D eigenvalue weighted by Gasteiger charge is -2.36. The molecular weight excluding hydrogens is 444 g/mol. The average Bonchev–Trinajstić information content (AvgIpc) is 2.63. The van der Waals surface area contributed by atoms with Gasteiger partial charge in [0.2, 0.25) is 0 Å². The largest absolute Gasteiger partial charge is 0.510 e. The van der Waals surface area contributed by atoms with E-state index < -0.39 is 0 Å². The molecule has 2 nitrogen and oxygen atoms in total. The number of fused-ring (bicyclic) bond motifs is 1. The Morgan fingerprint density at radius 2 is 1.68 bits per heavy atom. The maximum Gasteiger partial charge on any atom is 0.138 e. The van der Waals surface area contributed by atoms with Crippen LogP contribution in [0.4, 0.5) is 0 Å². The number of alkyl halides is 1. The van der Waals surface area contributed by atoms with Crippen molar-refractivity contribution in [2.45, 2.75) is 63.1 Å². The normalized spacial score (nSPS) is 26.5. The number of phenols is 1. The van der Waals surface area contributed by atoms with Crippen LogP contribution < -0.4 is 0 Å². The van der Waals surface area contributed by atoms with Gasteiger partial charge < -0.3 is 10.2 Å². The molecule has 2 atom stereocenters. The van der Waals surface area contributed by atoms with E-state index in [-0.39, 0.29) is 10.6 Å². The number of aryl methyl sites for hydroxylation is 1. The second-order valence-electron chi connectivity index (χ2n) is 7.59. The number of rotatable bonds is 1. The van der Waals surface area contributed by atoms with Gasteiger partial charge in [0.25, 0.3) is 0 Å². The number of hydrogen-bond donors (Lipinski definition) is 2. The highest BCUT2D eigenvalue weighted by molar-refractivity contribution is 9.10. The van der Waals surface area contributed by atoms with E-state index in [9.17, 15) is 10.2 Å². The monoisotopic (exact) mass is 466 g/mol. The summed E-state index contributed by atoms with van der Waals surface area (Å²) in [6.07, 6.45) is 8.86. The van der Waals surface area contributed by atoms with Crippen LogP contribution in [0, 0.1) is 5.92 Å². The van der Waals surface area contributed by atoms with E-state index in [2.05, 4.69) is 44.8 Å². The molecule has 0 heterocycles. The van der Waals surface area contributed by atoms with Crippen molar-refractivity contribution in [1.29, 1.82) is 0 Å². The number of hydrogen-bond acceptors (Lipinski definition) is 2. The SMILES string of the molecule is CC1C2=C(CCCC2)C(c2c(O)c(Br)cc3c2CCCC3)=C(O)C1Br. The molecule has 0 aromatic heterocycles. The maximum absolute atomic E-state index is 11.1. The van der Waals surface area contributed by atoms with Crippen LogP contribution in [0.1, 0.15) is 62.1 Å². The Labute approximate surface area is 166 Å². The van der Waals surface area contributed by atoms with E-state index in [0.29, 0.717) is 11.7 Å². The third-order valence-corrected chi connectivity index (χ3v) is 7.98. The van der Waals surface area contributed by atoms with Gasteiger partial charge in [-0.15, -0.1) is 0 Å². The summed E-state index contributed by atoms with van der Waals surface area (Å²) in [6, 6.07) is 2.07. The van der Waals surface area contributed by atoms with Crippen molar-refractivity contribution in [1.82, 2.24) is 0 Å². The predicted octanol–water partition coefficient (Wildman–Crippen LogP) is 6.59. The van der Waals surface area contributed by atoms with Crippen LogP contribution in [-0.4, -0.2) is 15.0 Å². The molecule has 1 aromatic rings. The number of halogens is 2. The molecule has 2 unspecified atom stereocenters. The Balaban J connectivity index is 2.00. The Morgan fingerprint density at radius 3 is 2.48 bits per heavy atom. The fourth-order valence-electron chi connectivity index (χ4n) is 4.83. The van der Waals surface area contributed by atoms with Gasteiger partial charge in [-0.1, -0.05) is 28.4 Å². The van der Waals surface area contributed by atoms with Crippen molar-refractivity contribution in [3.63, 3.8) is 0 Å². The average molecular weight is 468 g/mol. The smallest absolute Gasteiger partial charge is 0.138 e. The lowest BCUT2D eigenvalue weighted by Crippen LogP contribution is -2.26. The molecule has 0 saturated carbocycles. The zero-order valence-electron chi connectivity index (χ0n) is 14.5. The molecular formula is C21H24Br2O2. The minimum Gasteiger partial charge on any atom is -0.510 e. The van der Waals surface area contributed by atoms with Crippen LogP contribution in [0.2, 0.25) is 0 Å². The van der Waals surface area contributed by atoms with Crippen molar-refractivity contribution < 1.29 is 10.2 Å². The number of aromatic hydroxyl groups is 1. The number of phenolic OH excluding ortho intramolecular Hbond substituents is 1. The van der Waals surface area contributed by atoms with Gasteiger partial charge in [0.1, 0.15) is 11.5 Å². The van der Waals surface area contributed by atoms with Crippen LogP contribution in [0.25, 0.3) is 5.57 Å². The Kier molecular flexibility index (Phi) is 4.78. The van der Waals surface area contributed by atoms with E-state index in [0.717, 1.165) is 54.1 Å². The molecule has 0 saturated heterocycles. The maximum atomic E-state index is 11.1. The van der Waals surface area contributed by atoms with E-state index in [1.165, 1.54) is 35.1 Å². The third kappa shape index (κ3) is 2.80. The molecule has 0 radical (unpaired) electrons. The number of allylic oxidation sites excluding steroid dienone is 4. The van der Waals surface area contributed by atoms with E-state index in [4.69, 9.17) is 0 Å². The van der Waals surface area contributed by atoms with Crippen LogP contribution in [0.3, 0.4) is 0 Å². The van der Waals surface area contributed by atoms with Crippen molar-refractivity contribution in [2.75, 3.05) is 0 Å². The molecule has 0 fully saturated rings. The first kappa shape index (κ1) is 17.7. The Hall–Kier alpha value is -0.740. The van der Waals surface area contributed by atoms with Gasteiger partial charge in [0, 0.05) is 11.1 Å². The van der Waals surface area contributed by atoms with Gasteiger partial charge in [0.15, 0.2) is 0 Å². The minimum atomic E-state index is -0.0722. The summed E-state index contributed by atoms with van der Waals surface area (Å²) in [7, 11) is 0. The van der Waals surface area contributed by atoms with Gasteiger partial charge in [-0.25, -0.2) is 0 Å². The van der Waals surface area contributed by atoms with E-state index in [1.54, 1.807) is 0 Å². The summed E-state index contributed by atoms with van der Waals surface area (Å²) in [6.45, 7) is 2.20. The second-order valence-corrected chi connectivity index (χ2v) is 9.43. The number of aliphatic hydroxyl groups excluding tert-OH is 1. The fraction of sp³-hybridized carbons (Fsp3) is 0.524. The second kappa shape index (κ2) is 6.77. The molecule has 4 rings (SSSR count). The molecule has 2 N–H and O–H groups in total. The van der Waals surface area contributed by atoms with Gasteiger partial charge >= 0.3 is 0 Å². The molecule has 0 amide bonds. The molecule has 0 bridgehead atoms. The minimum absolute atomic E-state index is 0.0722. The molecule has 3 aliphatic carbocycles. The highest BCUT2D eigenvalue weighted by atomic mass is 79.9. The highest BCUT2D eigenvalue weighted by Crippen LogP contribution is 2.51. The zero-order valence-corrected chi connectivity index (χ0v) is 17.7. The van der Waals surface area contributed by atoms with Crippen molar-refractivity contribution in [3.05, 3.63) is 44.1 Å². The highest BCUT2D eigenvalue weighted by Gasteiger charge is 2.37. The Morgan fingerprint density at radius 1 is 1.00 bits per heavy atom. The summed E-state index contributed by atoms with van der Waals surface area (Å²) in [5.41, 5.74) is 7.09. The number of aliphatic hydroxyl groups is 1. The molecule has 3 aliphatic rings. The van der Waals surface area contributed by atoms with Crippen molar-refractivity contribution in [3.8, 4) is 5.75 Å². The first-order chi connectivity index (χ1) is 12.0. The molecule has 0 spiro atoms. The van der Waals surface area contributed by atoms with Gasteiger partial charge in [-0.3, -0.25) is 0 Å².